The van der Waals surface area contributed by atoms with Gasteiger partial charge in [-0.2, -0.15) is 0 Å². The lowest BCUT2D eigenvalue weighted by Crippen LogP contribution is -1.64. The van der Waals surface area contributed by atoms with E-state index in [2.05, 4.69) is 32.1 Å². The second-order valence-corrected chi connectivity index (χ2v) is 1.86. The van der Waals surface area contributed by atoms with Crippen molar-refractivity contribution < 1.29 is 0 Å². The third-order valence-electron chi connectivity index (χ3n) is 0.956. The van der Waals surface area contributed by atoms with E-state index in [-0.39, 0.29) is 0 Å². The smallest absolute Gasteiger partial charge is 0.0374 e. The molecule has 0 saturated heterocycles. The Bertz CT molecular complexity index is 96.6. The van der Waals surface area contributed by atoms with Crippen LogP contribution >= 0.6 is 0 Å². The molecule has 0 amide bonds. The van der Waals surface area contributed by atoms with Crippen molar-refractivity contribution in [3.63, 3.8) is 0 Å². The first-order valence-corrected chi connectivity index (χ1v) is 5.10. The van der Waals surface area contributed by atoms with Crippen molar-refractivity contribution in [3.05, 3.63) is 23.8 Å². The molecule has 0 bridgehead atoms. The molecule has 0 aliphatic carbocycles. The molecule has 0 aliphatic rings. The van der Waals surface area contributed by atoms with Crippen molar-refractivity contribution in [2.75, 3.05) is 0 Å². The summed E-state index contributed by atoms with van der Waals surface area (Å²) in [6, 6.07) is 0. The average molecular weight is 170 g/mol. The Kier molecular flexibility index (Phi) is 32.8. The Morgan fingerprint density at radius 3 is 1.75 bits per heavy atom. The molecule has 0 nitrogen and oxygen atoms in total. The van der Waals surface area contributed by atoms with E-state index in [0.717, 1.165) is 6.42 Å². The Morgan fingerprint density at radius 2 is 1.50 bits per heavy atom. The fourth-order valence-electron chi connectivity index (χ4n) is 0.653. The number of rotatable bonds is 2. The van der Waals surface area contributed by atoms with E-state index in [4.69, 9.17) is 0 Å². The molecular formula is C12H26. The van der Waals surface area contributed by atoms with Gasteiger partial charge >= 0.3 is 0 Å². The highest BCUT2D eigenvalue weighted by Gasteiger charge is 1.74. The predicted octanol–water partition coefficient (Wildman–Crippen LogP) is 4.97. The first kappa shape index (κ1) is 17.5. The third-order valence-corrected chi connectivity index (χ3v) is 0.956. The Balaban J connectivity index is -0.000000175. The summed E-state index contributed by atoms with van der Waals surface area (Å²) in [5.41, 5.74) is 1.36. The van der Waals surface area contributed by atoms with Gasteiger partial charge in [-0.15, -0.1) is 0 Å². The SMILES string of the molecule is C/C=C\C(C)=C/CC.CC.CC. The molecule has 0 fully saturated rings. The van der Waals surface area contributed by atoms with Crippen LogP contribution in [-0.2, 0) is 0 Å². The predicted molar refractivity (Wildman–Crippen MR) is 61.6 cm³/mol. The van der Waals surface area contributed by atoms with E-state index in [1.165, 1.54) is 5.57 Å². The number of hydrogen-bond acceptors (Lipinski definition) is 0. The van der Waals surface area contributed by atoms with Crippen LogP contribution in [0.15, 0.2) is 23.8 Å². The second-order valence-electron chi connectivity index (χ2n) is 1.86. The molecule has 0 rings (SSSR count). The quantitative estimate of drug-likeness (QED) is 0.513. The van der Waals surface area contributed by atoms with Crippen molar-refractivity contribution in [1.29, 1.82) is 0 Å². The highest BCUT2D eigenvalue weighted by Crippen LogP contribution is 1.95. The maximum absolute atomic E-state index is 2.21. The first-order chi connectivity index (χ1) is 5.81. The lowest BCUT2D eigenvalue weighted by Gasteiger charge is -1.85. The molecule has 0 aromatic carbocycles. The summed E-state index contributed by atoms with van der Waals surface area (Å²) in [5, 5.41) is 0. The molecule has 0 atom stereocenters. The maximum Gasteiger partial charge on any atom is -0.0374 e. The van der Waals surface area contributed by atoms with Crippen molar-refractivity contribution in [1.82, 2.24) is 0 Å². The van der Waals surface area contributed by atoms with Gasteiger partial charge in [-0.1, -0.05) is 58.4 Å². The first-order valence-electron chi connectivity index (χ1n) is 5.10. The van der Waals surface area contributed by atoms with E-state index in [9.17, 15) is 0 Å². The zero-order valence-corrected chi connectivity index (χ0v) is 9.94. The lowest BCUT2D eigenvalue weighted by atomic mass is 10.2. The van der Waals surface area contributed by atoms with Gasteiger partial charge in [0.2, 0.25) is 0 Å². The van der Waals surface area contributed by atoms with E-state index < -0.39 is 0 Å². The van der Waals surface area contributed by atoms with Gasteiger partial charge in [-0.3, -0.25) is 0 Å². The maximum atomic E-state index is 2.21. The Morgan fingerprint density at radius 1 is 1.08 bits per heavy atom. The van der Waals surface area contributed by atoms with Crippen LogP contribution in [0, 0.1) is 0 Å². The zero-order chi connectivity index (χ0) is 10.4. The fraction of sp³-hybridized carbons (Fsp3) is 0.667. The van der Waals surface area contributed by atoms with Crippen molar-refractivity contribution >= 4 is 0 Å². The highest BCUT2D eigenvalue weighted by molar-refractivity contribution is 5.14. The number of hydrogen-bond donors (Lipinski definition) is 0. The van der Waals surface area contributed by atoms with Crippen LogP contribution in [0.1, 0.15) is 54.9 Å². The van der Waals surface area contributed by atoms with Crippen molar-refractivity contribution in [2.45, 2.75) is 54.9 Å². The molecule has 0 aliphatic heterocycles. The zero-order valence-electron chi connectivity index (χ0n) is 9.94. The summed E-state index contributed by atoms with van der Waals surface area (Å²) < 4.78 is 0. The molecule has 0 unspecified atom stereocenters. The van der Waals surface area contributed by atoms with E-state index >= 15 is 0 Å². The van der Waals surface area contributed by atoms with Gasteiger partial charge in [-0.25, -0.2) is 0 Å². The average Bonchev–Trinajstić information content (AvgIpc) is 2.12. The topological polar surface area (TPSA) is 0 Å². The van der Waals surface area contributed by atoms with E-state index in [1.807, 2.05) is 34.6 Å². The van der Waals surface area contributed by atoms with Crippen LogP contribution < -0.4 is 0 Å². The van der Waals surface area contributed by atoms with Crippen LogP contribution in [0.5, 0.6) is 0 Å². The van der Waals surface area contributed by atoms with Crippen molar-refractivity contribution in [3.8, 4) is 0 Å². The molecule has 12 heavy (non-hydrogen) atoms. The molecule has 0 aromatic heterocycles. The molecule has 74 valence electrons. The number of allylic oxidation sites excluding steroid dienone is 4. The Hall–Kier alpha value is -0.520. The standard InChI is InChI=1S/C8H14.2C2H6/c1-4-6-8(3)7-5-2;2*1-2/h4,6-7H,5H2,1-3H3;2*1-2H3/b6-4-,8-7-;;. The lowest BCUT2D eigenvalue weighted by molar-refractivity contribution is 1.20. The van der Waals surface area contributed by atoms with Crippen molar-refractivity contribution in [2.24, 2.45) is 0 Å². The monoisotopic (exact) mass is 170 g/mol. The summed E-state index contributed by atoms with van der Waals surface area (Å²) >= 11 is 0. The minimum Gasteiger partial charge on any atom is -0.0874 e. The van der Waals surface area contributed by atoms with Gasteiger partial charge in [0, 0.05) is 0 Å². The molecule has 0 N–H and O–H groups in total. The van der Waals surface area contributed by atoms with Gasteiger partial charge in [-0.05, 0) is 20.3 Å². The van der Waals surface area contributed by atoms with Crippen LogP contribution in [0.3, 0.4) is 0 Å². The minimum atomic E-state index is 1.14. The minimum absolute atomic E-state index is 1.14. The largest absolute Gasteiger partial charge is 0.0874 e. The highest BCUT2D eigenvalue weighted by atomic mass is 13.8. The van der Waals surface area contributed by atoms with Crippen LogP contribution in [0.4, 0.5) is 0 Å². The van der Waals surface area contributed by atoms with Crippen LogP contribution in [0.25, 0.3) is 0 Å². The van der Waals surface area contributed by atoms with Crippen LogP contribution in [-0.4, -0.2) is 0 Å². The summed E-state index contributed by atoms with van der Waals surface area (Å²) in [6.07, 6.45) is 7.52. The third kappa shape index (κ3) is 22.7. The molecular weight excluding hydrogens is 144 g/mol. The van der Waals surface area contributed by atoms with Gasteiger partial charge < -0.3 is 0 Å². The van der Waals surface area contributed by atoms with Gasteiger partial charge in [0.1, 0.15) is 0 Å². The summed E-state index contributed by atoms with van der Waals surface area (Å²) in [6.45, 7) is 14.3. The fourth-order valence-corrected chi connectivity index (χ4v) is 0.653. The molecule has 0 spiro atoms. The van der Waals surface area contributed by atoms with Gasteiger partial charge in [0.15, 0.2) is 0 Å². The normalized spacial score (nSPS) is 9.75. The van der Waals surface area contributed by atoms with E-state index in [0.29, 0.717) is 0 Å². The van der Waals surface area contributed by atoms with Gasteiger partial charge in [0.25, 0.3) is 0 Å². The van der Waals surface area contributed by atoms with Crippen LogP contribution in [0.2, 0.25) is 0 Å². The molecule has 0 radical (unpaired) electrons. The molecule has 0 heteroatoms. The molecule has 0 aromatic rings. The summed E-state index contributed by atoms with van der Waals surface area (Å²) in [4.78, 5) is 0. The van der Waals surface area contributed by atoms with Gasteiger partial charge in [0.05, 0.1) is 0 Å². The Labute approximate surface area is 79.4 Å². The molecule has 0 saturated carbocycles. The molecule has 0 heterocycles. The summed E-state index contributed by atoms with van der Waals surface area (Å²) in [7, 11) is 0. The second kappa shape index (κ2) is 22.4. The van der Waals surface area contributed by atoms with E-state index in [1.54, 1.807) is 0 Å². The summed E-state index contributed by atoms with van der Waals surface area (Å²) in [5.74, 6) is 0.